The normalized spacial score (nSPS) is 16.9. The summed E-state index contributed by atoms with van der Waals surface area (Å²) in [7, 11) is 1.98. The summed E-state index contributed by atoms with van der Waals surface area (Å²) in [6.45, 7) is 8.19. The Balaban J connectivity index is 1.84. The number of hydrogen-bond donors (Lipinski definition) is 0. The predicted octanol–water partition coefficient (Wildman–Crippen LogP) is 2.42. The molecule has 0 spiro atoms. The van der Waals surface area contributed by atoms with Crippen LogP contribution in [-0.4, -0.2) is 50.9 Å². The van der Waals surface area contributed by atoms with Gasteiger partial charge in [0.25, 0.3) is 0 Å². The molecule has 1 saturated heterocycles. The summed E-state index contributed by atoms with van der Waals surface area (Å²) in [5, 5.41) is 0. The lowest BCUT2D eigenvalue weighted by molar-refractivity contribution is -0.132. The summed E-state index contributed by atoms with van der Waals surface area (Å²) in [5.41, 5.74) is 0. The van der Waals surface area contributed by atoms with Crippen molar-refractivity contribution in [3.8, 4) is 0 Å². The molecule has 0 aliphatic carbocycles. The van der Waals surface area contributed by atoms with Crippen molar-refractivity contribution in [2.24, 2.45) is 7.05 Å². The molecule has 0 N–H and O–H groups in total. The number of nitrogens with zero attached hydrogens (tertiary/aromatic N) is 4. The van der Waals surface area contributed by atoms with Crippen LogP contribution in [0.2, 0.25) is 0 Å². The summed E-state index contributed by atoms with van der Waals surface area (Å²) in [6, 6.07) is 0.517. The van der Waals surface area contributed by atoms with E-state index in [0.717, 1.165) is 25.2 Å². The van der Waals surface area contributed by atoms with E-state index in [0.29, 0.717) is 19.0 Å². The highest BCUT2D eigenvalue weighted by atomic mass is 16.2. The van der Waals surface area contributed by atoms with Crippen molar-refractivity contribution in [2.45, 2.75) is 58.5 Å². The van der Waals surface area contributed by atoms with E-state index < -0.39 is 0 Å². The Hall–Kier alpha value is -1.36. The van der Waals surface area contributed by atoms with Crippen LogP contribution in [-0.2, 0) is 18.4 Å². The Labute approximate surface area is 134 Å². The van der Waals surface area contributed by atoms with Gasteiger partial charge in [0.15, 0.2) is 0 Å². The molecule has 0 saturated carbocycles. The SMILES string of the molecule is CCCN(Cc1nccn1C)C(=O)CC[C@H](C)N1CCCC1. The van der Waals surface area contributed by atoms with E-state index in [9.17, 15) is 4.79 Å². The lowest BCUT2D eigenvalue weighted by atomic mass is 10.1. The van der Waals surface area contributed by atoms with Gasteiger partial charge < -0.3 is 14.4 Å². The topological polar surface area (TPSA) is 41.4 Å². The van der Waals surface area contributed by atoms with Crippen molar-refractivity contribution in [3.05, 3.63) is 18.2 Å². The third-order valence-corrected chi connectivity index (χ3v) is 4.64. The number of aromatic nitrogens is 2. The molecule has 5 heteroatoms. The molecule has 2 heterocycles. The van der Waals surface area contributed by atoms with Gasteiger partial charge in [-0.3, -0.25) is 4.79 Å². The maximum absolute atomic E-state index is 12.6. The van der Waals surface area contributed by atoms with Crippen molar-refractivity contribution in [1.29, 1.82) is 0 Å². The maximum Gasteiger partial charge on any atom is 0.223 e. The Morgan fingerprint density at radius 3 is 2.73 bits per heavy atom. The van der Waals surface area contributed by atoms with Gasteiger partial charge in [0.2, 0.25) is 5.91 Å². The first-order valence-corrected chi connectivity index (χ1v) is 8.59. The van der Waals surface area contributed by atoms with Gasteiger partial charge >= 0.3 is 0 Å². The highest BCUT2D eigenvalue weighted by molar-refractivity contribution is 5.76. The largest absolute Gasteiger partial charge is 0.337 e. The summed E-state index contributed by atoms with van der Waals surface area (Å²) in [5.74, 6) is 1.21. The molecule has 1 aromatic rings. The molecule has 0 radical (unpaired) electrons. The van der Waals surface area contributed by atoms with Crippen LogP contribution in [0.5, 0.6) is 0 Å². The van der Waals surface area contributed by atoms with E-state index in [1.165, 1.54) is 25.9 Å². The highest BCUT2D eigenvalue weighted by Gasteiger charge is 2.21. The summed E-state index contributed by atoms with van der Waals surface area (Å²) in [6.07, 6.45) is 8.91. The number of amides is 1. The molecule has 1 amide bonds. The molecule has 1 aromatic heterocycles. The van der Waals surface area contributed by atoms with Crippen LogP contribution in [0.25, 0.3) is 0 Å². The zero-order valence-corrected chi connectivity index (χ0v) is 14.3. The molecular weight excluding hydrogens is 276 g/mol. The van der Waals surface area contributed by atoms with Crippen LogP contribution < -0.4 is 0 Å². The number of aryl methyl sites for hydroxylation is 1. The minimum atomic E-state index is 0.260. The average Bonchev–Trinajstić information content (AvgIpc) is 3.16. The molecule has 1 aliphatic heterocycles. The van der Waals surface area contributed by atoms with Crippen molar-refractivity contribution in [3.63, 3.8) is 0 Å². The molecule has 0 bridgehead atoms. The summed E-state index contributed by atoms with van der Waals surface area (Å²) in [4.78, 5) is 21.4. The molecule has 5 nitrogen and oxygen atoms in total. The van der Waals surface area contributed by atoms with Crippen LogP contribution >= 0.6 is 0 Å². The van der Waals surface area contributed by atoms with E-state index in [1.807, 2.05) is 22.7 Å². The van der Waals surface area contributed by atoms with Crippen molar-refractivity contribution in [1.82, 2.24) is 19.4 Å². The Kier molecular flexibility index (Phi) is 6.43. The summed E-state index contributed by atoms with van der Waals surface area (Å²) < 4.78 is 1.99. The number of likely N-dealkylation sites (tertiary alicyclic amines) is 1. The minimum Gasteiger partial charge on any atom is -0.337 e. The molecule has 0 unspecified atom stereocenters. The maximum atomic E-state index is 12.6. The van der Waals surface area contributed by atoms with E-state index in [1.54, 1.807) is 6.20 Å². The molecule has 1 aliphatic rings. The second kappa shape index (κ2) is 8.32. The lowest BCUT2D eigenvalue weighted by Crippen LogP contribution is -2.35. The molecule has 124 valence electrons. The smallest absolute Gasteiger partial charge is 0.223 e. The fourth-order valence-electron chi connectivity index (χ4n) is 3.14. The number of carbonyl (C=O) groups excluding carboxylic acids is 1. The van der Waals surface area contributed by atoms with Gasteiger partial charge in [-0.1, -0.05) is 6.92 Å². The standard InChI is InChI=1S/C17H30N4O/c1-4-10-21(14-16-18-9-13-19(16)3)17(22)8-7-15(2)20-11-5-6-12-20/h9,13,15H,4-8,10-12,14H2,1-3H3/t15-/m0/s1. The average molecular weight is 306 g/mol. The third kappa shape index (κ3) is 4.57. The zero-order chi connectivity index (χ0) is 15.9. The quantitative estimate of drug-likeness (QED) is 0.740. The monoisotopic (exact) mass is 306 g/mol. The fourth-order valence-corrected chi connectivity index (χ4v) is 3.14. The number of carbonyl (C=O) groups is 1. The second-order valence-corrected chi connectivity index (χ2v) is 6.40. The van der Waals surface area contributed by atoms with E-state index >= 15 is 0 Å². The first-order chi connectivity index (χ1) is 10.6. The Morgan fingerprint density at radius 2 is 2.14 bits per heavy atom. The van der Waals surface area contributed by atoms with Crippen molar-refractivity contribution < 1.29 is 4.79 Å². The molecule has 22 heavy (non-hydrogen) atoms. The minimum absolute atomic E-state index is 0.260. The highest BCUT2D eigenvalue weighted by Crippen LogP contribution is 2.16. The predicted molar refractivity (Wildman–Crippen MR) is 88.4 cm³/mol. The van der Waals surface area contributed by atoms with Crippen LogP contribution in [0.15, 0.2) is 12.4 Å². The van der Waals surface area contributed by atoms with Crippen LogP contribution in [0.3, 0.4) is 0 Å². The van der Waals surface area contributed by atoms with E-state index in [4.69, 9.17) is 0 Å². The molecule has 0 aromatic carbocycles. The first kappa shape index (κ1) is 17.0. The van der Waals surface area contributed by atoms with Gasteiger partial charge in [0.05, 0.1) is 6.54 Å². The second-order valence-electron chi connectivity index (χ2n) is 6.40. The molecule has 1 fully saturated rings. The van der Waals surface area contributed by atoms with Crippen molar-refractivity contribution in [2.75, 3.05) is 19.6 Å². The van der Waals surface area contributed by atoms with Crippen LogP contribution in [0, 0.1) is 0 Å². The van der Waals surface area contributed by atoms with Gasteiger partial charge in [0.1, 0.15) is 5.82 Å². The summed E-state index contributed by atoms with van der Waals surface area (Å²) >= 11 is 0. The van der Waals surface area contributed by atoms with Gasteiger partial charge in [-0.05, 0) is 45.7 Å². The van der Waals surface area contributed by atoms with Crippen LogP contribution in [0.4, 0.5) is 0 Å². The van der Waals surface area contributed by atoms with Gasteiger partial charge in [-0.2, -0.15) is 0 Å². The number of rotatable bonds is 8. The van der Waals surface area contributed by atoms with E-state index in [2.05, 4.69) is 23.7 Å². The Morgan fingerprint density at radius 1 is 1.41 bits per heavy atom. The zero-order valence-electron chi connectivity index (χ0n) is 14.3. The van der Waals surface area contributed by atoms with Crippen LogP contribution in [0.1, 0.15) is 51.8 Å². The molecular formula is C17H30N4O. The number of imidazole rings is 1. The third-order valence-electron chi connectivity index (χ3n) is 4.64. The number of hydrogen-bond acceptors (Lipinski definition) is 3. The van der Waals surface area contributed by atoms with Gasteiger partial charge in [0, 0.05) is 38.4 Å². The van der Waals surface area contributed by atoms with E-state index in [-0.39, 0.29) is 5.91 Å². The lowest BCUT2D eigenvalue weighted by Gasteiger charge is -2.26. The van der Waals surface area contributed by atoms with Gasteiger partial charge in [-0.25, -0.2) is 4.98 Å². The van der Waals surface area contributed by atoms with Crippen molar-refractivity contribution >= 4 is 5.91 Å². The molecule has 2 rings (SSSR count). The molecule has 1 atom stereocenters. The fraction of sp³-hybridized carbons (Fsp3) is 0.765. The Bertz CT molecular complexity index is 465. The van der Waals surface area contributed by atoms with Gasteiger partial charge in [-0.15, -0.1) is 0 Å². The first-order valence-electron chi connectivity index (χ1n) is 8.59.